The summed E-state index contributed by atoms with van der Waals surface area (Å²) in [4.78, 5) is 0. The van der Waals surface area contributed by atoms with Crippen LogP contribution < -0.4 is 4.72 Å². The molecule has 1 fully saturated rings. The molecule has 0 aromatic carbocycles. The quantitative estimate of drug-likeness (QED) is 0.737. The molecule has 0 aliphatic carbocycles. The van der Waals surface area contributed by atoms with Gasteiger partial charge in [0, 0.05) is 26.2 Å². The first-order valence-electron chi connectivity index (χ1n) is 6.31. The summed E-state index contributed by atoms with van der Waals surface area (Å²) in [6, 6.07) is 0. The molecule has 17 heavy (non-hydrogen) atoms. The second-order valence-electron chi connectivity index (χ2n) is 5.11. The van der Waals surface area contributed by atoms with Crippen molar-refractivity contribution in [2.45, 2.75) is 33.1 Å². The molecule has 0 amide bonds. The standard InChI is InChI=1S/C11H24N2O3S/c1-10(2)3-6-12-17(15,16)13-7-4-11(9-14)5-8-13/h10-12,14H,3-9H2,1-2H3. The summed E-state index contributed by atoms with van der Waals surface area (Å²) in [7, 11) is -3.31. The highest BCUT2D eigenvalue weighted by Crippen LogP contribution is 2.18. The molecule has 0 aromatic rings. The van der Waals surface area contributed by atoms with Crippen molar-refractivity contribution in [1.29, 1.82) is 0 Å². The highest BCUT2D eigenvalue weighted by molar-refractivity contribution is 7.87. The molecular weight excluding hydrogens is 240 g/mol. The average molecular weight is 264 g/mol. The Kier molecular flexibility index (Phi) is 5.85. The van der Waals surface area contributed by atoms with E-state index >= 15 is 0 Å². The normalized spacial score (nSPS) is 20.0. The Bertz CT molecular complexity index is 309. The van der Waals surface area contributed by atoms with Gasteiger partial charge in [-0.1, -0.05) is 13.8 Å². The first-order chi connectivity index (χ1) is 7.95. The van der Waals surface area contributed by atoms with Crippen LogP contribution in [0.1, 0.15) is 33.1 Å². The molecule has 102 valence electrons. The first-order valence-corrected chi connectivity index (χ1v) is 7.75. The van der Waals surface area contributed by atoms with Crippen molar-refractivity contribution in [1.82, 2.24) is 9.03 Å². The van der Waals surface area contributed by atoms with Crippen LogP contribution in [-0.4, -0.2) is 44.1 Å². The second-order valence-corrected chi connectivity index (χ2v) is 6.86. The lowest BCUT2D eigenvalue weighted by molar-refractivity contribution is 0.169. The maximum absolute atomic E-state index is 11.9. The fourth-order valence-electron chi connectivity index (χ4n) is 1.90. The van der Waals surface area contributed by atoms with Crippen molar-refractivity contribution in [3.63, 3.8) is 0 Å². The highest BCUT2D eigenvalue weighted by atomic mass is 32.2. The Morgan fingerprint density at radius 1 is 1.35 bits per heavy atom. The minimum Gasteiger partial charge on any atom is -0.396 e. The average Bonchev–Trinajstić information content (AvgIpc) is 2.28. The minimum atomic E-state index is -3.31. The van der Waals surface area contributed by atoms with E-state index < -0.39 is 10.2 Å². The molecule has 0 bridgehead atoms. The van der Waals surface area contributed by atoms with Gasteiger partial charge in [0.1, 0.15) is 0 Å². The zero-order chi connectivity index (χ0) is 12.9. The van der Waals surface area contributed by atoms with Crippen LogP contribution in [0.4, 0.5) is 0 Å². The Balaban J connectivity index is 2.38. The topological polar surface area (TPSA) is 69.6 Å². The molecule has 0 aromatic heterocycles. The summed E-state index contributed by atoms with van der Waals surface area (Å²) >= 11 is 0. The molecule has 0 atom stereocenters. The van der Waals surface area contributed by atoms with Crippen molar-refractivity contribution in [2.24, 2.45) is 11.8 Å². The number of piperidine rings is 1. The maximum atomic E-state index is 11.9. The SMILES string of the molecule is CC(C)CCNS(=O)(=O)N1CCC(CO)CC1. The monoisotopic (exact) mass is 264 g/mol. The molecule has 6 heteroatoms. The van der Waals surface area contributed by atoms with E-state index in [-0.39, 0.29) is 12.5 Å². The van der Waals surface area contributed by atoms with E-state index in [9.17, 15) is 8.42 Å². The van der Waals surface area contributed by atoms with Crippen molar-refractivity contribution in [3.05, 3.63) is 0 Å². The Morgan fingerprint density at radius 3 is 2.41 bits per heavy atom. The van der Waals surface area contributed by atoms with Gasteiger partial charge in [-0.3, -0.25) is 0 Å². The van der Waals surface area contributed by atoms with E-state index in [1.54, 1.807) is 0 Å². The zero-order valence-electron chi connectivity index (χ0n) is 10.7. The molecule has 0 spiro atoms. The summed E-state index contributed by atoms with van der Waals surface area (Å²) in [6.45, 7) is 5.83. The first kappa shape index (κ1) is 14.9. The third-order valence-electron chi connectivity index (χ3n) is 3.18. The molecule has 1 saturated heterocycles. The van der Waals surface area contributed by atoms with E-state index in [2.05, 4.69) is 18.6 Å². The summed E-state index contributed by atoms with van der Waals surface area (Å²) < 4.78 is 27.9. The molecular formula is C11H24N2O3S. The molecule has 5 nitrogen and oxygen atoms in total. The molecule has 1 aliphatic rings. The van der Waals surface area contributed by atoms with Crippen LogP contribution in [-0.2, 0) is 10.2 Å². The Morgan fingerprint density at radius 2 is 1.94 bits per heavy atom. The lowest BCUT2D eigenvalue weighted by Crippen LogP contribution is -2.45. The van der Waals surface area contributed by atoms with Crippen molar-refractivity contribution < 1.29 is 13.5 Å². The lowest BCUT2D eigenvalue weighted by Gasteiger charge is -2.30. The molecule has 1 rings (SSSR count). The zero-order valence-corrected chi connectivity index (χ0v) is 11.5. The second kappa shape index (κ2) is 6.68. The van der Waals surface area contributed by atoms with Gasteiger partial charge < -0.3 is 5.11 Å². The summed E-state index contributed by atoms with van der Waals surface area (Å²) in [5.74, 6) is 0.759. The smallest absolute Gasteiger partial charge is 0.279 e. The predicted molar refractivity (Wildman–Crippen MR) is 67.8 cm³/mol. The summed E-state index contributed by atoms with van der Waals surface area (Å²) in [6.07, 6.45) is 2.36. The van der Waals surface area contributed by atoms with E-state index in [4.69, 9.17) is 5.11 Å². The van der Waals surface area contributed by atoms with Gasteiger partial charge in [0.25, 0.3) is 10.2 Å². The minimum absolute atomic E-state index is 0.161. The van der Waals surface area contributed by atoms with Gasteiger partial charge in [0.05, 0.1) is 0 Å². The van der Waals surface area contributed by atoms with Crippen molar-refractivity contribution in [3.8, 4) is 0 Å². The van der Waals surface area contributed by atoms with Crippen molar-refractivity contribution in [2.75, 3.05) is 26.2 Å². The van der Waals surface area contributed by atoms with Gasteiger partial charge in [-0.05, 0) is 31.1 Å². The third-order valence-corrected chi connectivity index (χ3v) is 4.79. The predicted octanol–water partition coefficient (Wildman–Crippen LogP) is 0.571. The molecule has 0 radical (unpaired) electrons. The fraction of sp³-hybridized carbons (Fsp3) is 1.00. The Labute approximate surface area is 104 Å². The number of nitrogens with one attached hydrogen (secondary N) is 1. The van der Waals surface area contributed by atoms with Crippen LogP contribution in [0.3, 0.4) is 0 Å². The van der Waals surface area contributed by atoms with Crippen LogP contribution in [0, 0.1) is 11.8 Å². The largest absolute Gasteiger partial charge is 0.396 e. The molecule has 2 N–H and O–H groups in total. The molecule has 1 heterocycles. The van der Waals surface area contributed by atoms with Crippen molar-refractivity contribution >= 4 is 10.2 Å². The van der Waals surface area contributed by atoms with Crippen LogP contribution in [0.25, 0.3) is 0 Å². The van der Waals surface area contributed by atoms with E-state index in [0.29, 0.717) is 25.6 Å². The highest BCUT2D eigenvalue weighted by Gasteiger charge is 2.27. The van der Waals surface area contributed by atoms with Gasteiger partial charge >= 0.3 is 0 Å². The molecule has 0 saturated carbocycles. The lowest BCUT2D eigenvalue weighted by atomic mass is 10.00. The van der Waals surface area contributed by atoms with Gasteiger partial charge in [0.2, 0.25) is 0 Å². The number of aliphatic hydroxyl groups is 1. The number of rotatable bonds is 6. The third kappa shape index (κ3) is 4.91. The summed E-state index contributed by atoms with van der Waals surface area (Å²) in [5, 5.41) is 9.00. The van der Waals surface area contributed by atoms with E-state index in [1.165, 1.54) is 4.31 Å². The van der Waals surface area contributed by atoms with Crippen LogP contribution in [0.2, 0.25) is 0 Å². The number of hydrogen-bond donors (Lipinski definition) is 2. The summed E-state index contributed by atoms with van der Waals surface area (Å²) in [5.41, 5.74) is 0. The van der Waals surface area contributed by atoms with Crippen LogP contribution in [0.15, 0.2) is 0 Å². The molecule has 0 unspecified atom stereocenters. The van der Waals surface area contributed by atoms with E-state index in [1.807, 2.05) is 0 Å². The molecule has 1 aliphatic heterocycles. The number of nitrogens with zero attached hydrogens (tertiary/aromatic N) is 1. The number of aliphatic hydroxyl groups excluding tert-OH is 1. The van der Waals surface area contributed by atoms with E-state index in [0.717, 1.165) is 19.3 Å². The van der Waals surface area contributed by atoms with Crippen LogP contribution in [0.5, 0.6) is 0 Å². The fourth-order valence-corrected chi connectivity index (χ4v) is 3.15. The number of hydrogen-bond acceptors (Lipinski definition) is 3. The van der Waals surface area contributed by atoms with Gasteiger partial charge in [-0.15, -0.1) is 0 Å². The van der Waals surface area contributed by atoms with Gasteiger partial charge in [-0.2, -0.15) is 12.7 Å². The maximum Gasteiger partial charge on any atom is 0.279 e. The van der Waals surface area contributed by atoms with Crippen LogP contribution >= 0.6 is 0 Å². The Hall–Kier alpha value is -0.170. The van der Waals surface area contributed by atoms with Gasteiger partial charge in [0.15, 0.2) is 0 Å². The van der Waals surface area contributed by atoms with Gasteiger partial charge in [-0.25, -0.2) is 4.72 Å².